The Hall–Kier alpha value is -4.01. The van der Waals surface area contributed by atoms with Crippen molar-refractivity contribution < 1.29 is 33.6 Å². The highest BCUT2D eigenvalue weighted by molar-refractivity contribution is 5.88. The molecular weight excluding hydrogens is 440 g/mol. The lowest BCUT2D eigenvalue weighted by Gasteiger charge is -2.12. The molecule has 2 N–H and O–H groups in total. The quantitative estimate of drug-likeness (QED) is 0.543. The molecule has 0 bridgehead atoms. The van der Waals surface area contributed by atoms with Gasteiger partial charge in [0, 0.05) is 24.4 Å². The molecule has 0 spiro atoms. The number of hydrogen-bond donors (Lipinski definition) is 2. The van der Waals surface area contributed by atoms with Crippen molar-refractivity contribution in [3.05, 3.63) is 53.9 Å². The molecule has 2 heterocycles. The van der Waals surface area contributed by atoms with E-state index in [1.54, 1.807) is 28.4 Å². The summed E-state index contributed by atoms with van der Waals surface area (Å²) < 4.78 is 21.5. The van der Waals surface area contributed by atoms with E-state index in [-0.39, 0.29) is 5.91 Å². The number of nitrogens with one attached hydrogen (secondary N) is 1. The van der Waals surface area contributed by atoms with Crippen LogP contribution in [0.4, 0.5) is 0 Å². The molecule has 9 nitrogen and oxygen atoms in total. The monoisotopic (exact) mass is 468 g/mol. The van der Waals surface area contributed by atoms with E-state index in [4.69, 9.17) is 24.1 Å². The normalized spacial score (nSPS) is 14.6. The van der Waals surface area contributed by atoms with E-state index in [0.717, 1.165) is 22.0 Å². The minimum atomic E-state index is -0.944. The van der Waals surface area contributed by atoms with Crippen molar-refractivity contribution in [2.24, 2.45) is 0 Å². The Bertz CT molecular complexity index is 1180. The van der Waals surface area contributed by atoms with Crippen molar-refractivity contribution in [2.45, 2.75) is 25.3 Å². The zero-order valence-electron chi connectivity index (χ0n) is 19.6. The molecule has 2 aromatic carbocycles. The number of pyridine rings is 1. The van der Waals surface area contributed by atoms with Crippen molar-refractivity contribution in [3.8, 4) is 23.0 Å². The molecule has 9 heteroatoms. The van der Waals surface area contributed by atoms with Crippen LogP contribution in [-0.4, -0.2) is 56.4 Å². The zero-order valence-corrected chi connectivity index (χ0v) is 19.6. The van der Waals surface area contributed by atoms with Crippen molar-refractivity contribution in [3.63, 3.8) is 0 Å². The van der Waals surface area contributed by atoms with Gasteiger partial charge in [0.2, 0.25) is 5.91 Å². The van der Waals surface area contributed by atoms with Crippen LogP contribution in [0.15, 0.2) is 42.6 Å². The first-order chi connectivity index (χ1) is 16.4. The highest BCUT2D eigenvalue weighted by atomic mass is 16.5. The fourth-order valence-corrected chi connectivity index (χ4v) is 3.68. The second kappa shape index (κ2) is 11.2. The van der Waals surface area contributed by atoms with Gasteiger partial charge in [-0.1, -0.05) is 6.07 Å². The Balaban J connectivity index is 0.000000302. The van der Waals surface area contributed by atoms with Crippen LogP contribution in [0.2, 0.25) is 0 Å². The number of benzene rings is 2. The summed E-state index contributed by atoms with van der Waals surface area (Å²) in [6.45, 7) is 0. The third kappa shape index (κ3) is 5.67. The summed E-state index contributed by atoms with van der Waals surface area (Å²) in [5.41, 5.74) is 2.05. The molecule has 0 saturated carbocycles. The summed E-state index contributed by atoms with van der Waals surface area (Å²) in [7, 11) is 6.53. The highest BCUT2D eigenvalue weighted by Gasteiger charge is 2.26. The van der Waals surface area contributed by atoms with Crippen LogP contribution in [0.5, 0.6) is 23.0 Å². The summed E-state index contributed by atoms with van der Waals surface area (Å²) in [5, 5.41) is 12.7. The van der Waals surface area contributed by atoms with Crippen LogP contribution in [0.3, 0.4) is 0 Å². The van der Waals surface area contributed by atoms with Crippen molar-refractivity contribution in [1.29, 1.82) is 0 Å². The van der Waals surface area contributed by atoms with Crippen LogP contribution in [0, 0.1) is 0 Å². The van der Waals surface area contributed by atoms with E-state index in [0.29, 0.717) is 42.3 Å². The van der Waals surface area contributed by atoms with Crippen LogP contribution in [0.25, 0.3) is 10.8 Å². The smallest absolute Gasteiger partial charge is 0.326 e. The van der Waals surface area contributed by atoms with E-state index >= 15 is 0 Å². The average molecular weight is 469 g/mol. The first-order valence-electron chi connectivity index (χ1n) is 10.6. The Kier molecular flexibility index (Phi) is 8.13. The third-order valence-corrected chi connectivity index (χ3v) is 5.46. The largest absolute Gasteiger partial charge is 0.493 e. The van der Waals surface area contributed by atoms with E-state index in [2.05, 4.69) is 10.3 Å². The van der Waals surface area contributed by atoms with E-state index in [9.17, 15) is 9.59 Å². The number of nitrogens with zero attached hydrogens (tertiary/aromatic N) is 1. The number of carbonyl (C=O) groups is 2. The number of ether oxygens (including phenoxy) is 4. The summed E-state index contributed by atoms with van der Waals surface area (Å²) in [6, 6.07) is 11.2. The Morgan fingerprint density at radius 3 is 2.18 bits per heavy atom. The maximum atomic E-state index is 10.4. The first-order valence-corrected chi connectivity index (χ1v) is 10.6. The lowest BCUT2D eigenvalue weighted by molar-refractivity contribution is -0.140. The van der Waals surface area contributed by atoms with Crippen LogP contribution >= 0.6 is 0 Å². The molecule has 3 aromatic rings. The van der Waals surface area contributed by atoms with Gasteiger partial charge in [-0.3, -0.25) is 9.78 Å². The zero-order chi connectivity index (χ0) is 24.7. The second-order valence-corrected chi connectivity index (χ2v) is 7.55. The Morgan fingerprint density at radius 2 is 1.62 bits per heavy atom. The molecule has 34 heavy (non-hydrogen) atoms. The SMILES string of the molecule is COc1ccc(Cc2nccc3cc(OC)c(OC)cc23)cc1OC.O=C1CC[C@@H](C(=O)O)N1. The number of aromatic nitrogens is 1. The molecule has 1 saturated heterocycles. The van der Waals surface area contributed by atoms with Crippen LogP contribution in [-0.2, 0) is 16.0 Å². The summed E-state index contributed by atoms with van der Waals surface area (Å²) in [4.78, 5) is 25.1. The molecule has 1 aromatic heterocycles. The molecule has 0 radical (unpaired) electrons. The Labute approximate surface area is 197 Å². The molecule has 180 valence electrons. The average Bonchev–Trinajstić information content (AvgIpc) is 3.30. The molecule has 1 amide bonds. The lowest BCUT2D eigenvalue weighted by Crippen LogP contribution is -2.32. The van der Waals surface area contributed by atoms with Gasteiger partial charge in [0.25, 0.3) is 0 Å². The molecule has 1 aliphatic heterocycles. The standard InChI is InChI=1S/C20H21NO4.C5H7NO3/c1-22-17-6-5-13(10-18(17)23-2)9-16-15-12-20(25-4)19(24-3)11-14(15)7-8-21-16;7-4-2-1-3(6-4)5(8)9/h5-8,10-12H,9H2,1-4H3;3H,1-2H2,(H,6,7)(H,8,9)/t;3-/m.0/s1. The minimum absolute atomic E-state index is 0.164. The van der Waals surface area contributed by atoms with Gasteiger partial charge in [-0.2, -0.15) is 0 Å². The number of hydrogen-bond acceptors (Lipinski definition) is 7. The van der Waals surface area contributed by atoms with Gasteiger partial charge < -0.3 is 29.4 Å². The van der Waals surface area contributed by atoms with Crippen LogP contribution < -0.4 is 24.3 Å². The molecule has 0 aliphatic carbocycles. The van der Waals surface area contributed by atoms with E-state index < -0.39 is 12.0 Å². The predicted molar refractivity (Wildman–Crippen MR) is 126 cm³/mol. The molecule has 4 rings (SSSR count). The van der Waals surface area contributed by atoms with Gasteiger partial charge in [-0.05, 0) is 47.7 Å². The first kappa shape index (κ1) is 24.6. The number of rotatable bonds is 7. The number of methoxy groups -OCH3 is 4. The number of carboxylic acids is 1. The van der Waals surface area contributed by atoms with Gasteiger partial charge in [-0.25, -0.2) is 4.79 Å². The number of fused-ring (bicyclic) bond motifs is 1. The summed E-state index contributed by atoms with van der Waals surface area (Å²) in [6.07, 6.45) is 3.25. The van der Waals surface area contributed by atoms with E-state index in [1.807, 2.05) is 42.6 Å². The summed E-state index contributed by atoms with van der Waals surface area (Å²) >= 11 is 0. The van der Waals surface area contributed by atoms with E-state index in [1.165, 1.54) is 0 Å². The predicted octanol–water partition coefficient (Wildman–Crippen LogP) is 3.21. The van der Waals surface area contributed by atoms with Crippen LogP contribution in [0.1, 0.15) is 24.1 Å². The highest BCUT2D eigenvalue weighted by Crippen LogP contribution is 2.34. The van der Waals surface area contributed by atoms with Gasteiger partial charge in [0.05, 0.1) is 34.1 Å². The molecule has 1 fully saturated rings. The molecular formula is C25H28N2O7. The molecule has 1 atom stereocenters. The summed E-state index contributed by atoms with van der Waals surface area (Å²) in [5.74, 6) is 1.71. The maximum Gasteiger partial charge on any atom is 0.326 e. The number of carbonyl (C=O) groups excluding carboxylic acids is 1. The number of aliphatic carboxylic acids is 1. The lowest BCUT2D eigenvalue weighted by atomic mass is 10.0. The topological polar surface area (TPSA) is 116 Å². The fraction of sp³-hybridized carbons (Fsp3) is 0.320. The number of carboxylic acid groups (broad SMARTS) is 1. The van der Waals surface area contributed by atoms with Gasteiger partial charge >= 0.3 is 5.97 Å². The Morgan fingerprint density at radius 1 is 0.971 bits per heavy atom. The molecule has 1 aliphatic rings. The third-order valence-electron chi connectivity index (χ3n) is 5.46. The second-order valence-electron chi connectivity index (χ2n) is 7.55. The van der Waals surface area contributed by atoms with Gasteiger partial charge in [0.1, 0.15) is 6.04 Å². The maximum absolute atomic E-state index is 10.4. The van der Waals surface area contributed by atoms with Gasteiger partial charge in [0.15, 0.2) is 23.0 Å². The number of amides is 1. The fourth-order valence-electron chi connectivity index (χ4n) is 3.68. The van der Waals surface area contributed by atoms with Crippen molar-refractivity contribution >= 4 is 22.6 Å². The van der Waals surface area contributed by atoms with Crippen molar-refractivity contribution in [2.75, 3.05) is 28.4 Å². The van der Waals surface area contributed by atoms with Gasteiger partial charge in [-0.15, -0.1) is 0 Å². The van der Waals surface area contributed by atoms with Crippen molar-refractivity contribution in [1.82, 2.24) is 10.3 Å². The minimum Gasteiger partial charge on any atom is -0.493 e. The molecule has 0 unspecified atom stereocenters.